The number of halogens is 2. The van der Waals surface area contributed by atoms with E-state index >= 15 is 0 Å². The molecule has 0 spiro atoms. The minimum atomic E-state index is -0.503. The number of nitrogens with one attached hydrogen (secondary N) is 3. The van der Waals surface area contributed by atoms with Crippen molar-refractivity contribution < 1.29 is 9.18 Å². The van der Waals surface area contributed by atoms with Crippen LogP contribution >= 0.6 is 11.6 Å². The molecule has 1 fully saturated rings. The number of aromatic nitrogens is 4. The Bertz CT molecular complexity index is 1060. The van der Waals surface area contributed by atoms with Gasteiger partial charge >= 0.3 is 0 Å². The number of rotatable bonds is 6. The number of hydrogen-bond acceptors (Lipinski definition) is 5. The monoisotopic (exact) mass is 430 g/mol. The first-order valence-electron chi connectivity index (χ1n) is 10.2. The molecule has 0 bridgehead atoms. The number of amides is 1. The fourth-order valence-corrected chi connectivity index (χ4v) is 4.11. The molecule has 4 rings (SSSR count). The Morgan fingerprint density at radius 3 is 2.97 bits per heavy atom. The van der Waals surface area contributed by atoms with Crippen LogP contribution < -0.4 is 10.6 Å². The summed E-state index contributed by atoms with van der Waals surface area (Å²) in [6, 6.07) is 1.82. The van der Waals surface area contributed by atoms with Crippen molar-refractivity contribution in [3.63, 3.8) is 0 Å². The van der Waals surface area contributed by atoms with Crippen LogP contribution in [-0.4, -0.2) is 38.4 Å². The lowest BCUT2D eigenvalue weighted by Crippen LogP contribution is -2.40. The van der Waals surface area contributed by atoms with Crippen molar-refractivity contribution in [3.8, 4) is 11.4 Å². The zero-order valence-corrected chi connectivity index (χ0v) is 17.5. The smallest absolute Gasteiger partial charge is 0.219 e. The largest absolute Gasteiger partial charge is 0.364 e. The molecular formula is C21H24ClFN6O. The van der Waals surface area contributed by atoms with E-state index in [9.17, 15) is 9.18 Å². The Hall–Kier alpha value is -2.74. The highest BCUT2D eigenvalue weighted by atomic mass is 35.5. The van der Waals surface area contributed by atoms with Gasteiger partial charge in [-0.25, -0.2) is 19.3 Å². The van der Waals surface area contributed by atoms with E-state index in [2.05, 4.69) is 30.6 Å². The van der Waals surface area contributed by atoms with E-state index in [1.54, 1.807) is 18.5 Å². The van der Waals surface area contributed by atoms with Crippen LogP contribution in [0.15, 0.2) is 24.7 Å². The zero-order valence-electron chi connectivity index (χ0n) is 16.7. The minimum Gasteiger partial charge on any atom is -0.364 e. The summed E-state index contributed by atoms with van der Waals surface area (Å²) in [6.07, 6.45) is 8.98. The number of aromatic amines is 1. The van der Waals surface area contributed by atoms with Crippen LogP contribution in [0.3, 0.4) is 0 Å². The number of H-pyrrole nitrogens is 1. The number of hydrogen-bond donors (Lipinski definition) is 3. The molecular weight excluding hydrogens is 407 g/mol. The SMILES string of the molecule is CCC(=O)NCC1CCCC[C@H]1Nc1nc(-c2c[nH]c3ncc(Cl)cc23)ncc1F. The number of pyridine rings is 1. The van der Waals surface area contributed by atoms with Crippen molar-refractivity contribution in [2.45, 2.75) is 45.1 Å². The van der Waals surface area contributed by atoms with E-state index in [1.165, 1.54) is 6.20 Å². The minimum absolute atomic E-state index is 0.0291. The fraction of sp³-hybridized carbons (Fsp3) is 0.429. The first-order valence-corrected chi connectivity index (χ1v) is 10.6. The van der Waals surface area contributed by atoms with Crippen LogP contribution in [-0.2, 0) is 4.79 Å². The zero-order chi connectivity index (χ0) is 21.1. The maximum Gasteiger partial charge on any atom is 0.219 e. The lowest BCUT2D eigenvalue weighted by Gasteiger charge is -2.32. The second-order valence-corrected chi connectivity index (χ2v) is 8.03. The molecule has 1 aliphatic rings. The lowest BCUT2D eigenvalue weighted by molar-refractivity contribution is -0.121. The molecule has 30 heavy (non-hydrogen) atoms. The van der Waals surface area contributed by atoms with Crippen molar-refractivity contribution in [1.29, 1.82) is 0 Å². The first kappa shape index (κ1) is 20.5. The second kappa shape index (κ2) is 8.95. The summed E-state index contributed by atoms with van der Waals surface area (Å²) < 4.78 is 14.5. The Labute approximate surface area is 178 Å². The third kappa shape index (κ3) is 4.38. The topological polar surface area (TPSA) is 95.6 Å². The van der Waals surface area contributed by atoms with Crippen molar-refractivity contribution in [2.75, 3.05) is 11.9 Å². The lowest BCUT2D eigenvalue weighted by atomic mass is 9.84. The molecule has 2 atom stereocenters. The third-order valence-corrected chi connectivity index (χ3v) is 5.80. The number of carbonyl (C=O) groups is 1. The van der Waals surface area contributed by atoms with Crippen LogP contribution in [0.1, 0.15) is 39.0 Å². The highest BCUT2D eigenvalue weighted by Crippen LogP contribution is 2.30. The van der Waals surface area contributed by atoms with E-state index < -0.39 is 5.82 Å². The van der Waals surface area contributed by atoms with E-state index in [-0.39, 0.29) is 23.7 Å². The van der Waals surface area contributed by atoms with E-state index in [0.717, 1.165) is 31.1 Å². The third-order valence-electron chi connectivity index (χ3n) is 5.60. The predicted octanol–water partition coefficient (Wildman–Crippen LogP) is 4.31. The van der Waals surface area contributed by atoms with Gasteiger partial charge < -0.3 is 15.6 Å². The van der Waals surface area contributed by atoms with Gasteiger partial charge in [-0.15, -0.1) is 0 Å². The van der Waals surface area contributed by atoms with Gasteiger partial charge in [0.1, 0.15) is 5.65 Å². The number of anilines is 1. The molecule has 1 unspecified atom stereocenters. The number of fused-ring (bicyclic) bond motifs is 1. The molecule has 3 heterocycles. The van der Waals surface area contributed by atoms with Gasteiger partial charge in [-0.3, -0.25) is 4.79 Å². The van der Waals surface area contributed by atoms with Crippen molar-refractivity contribution in [3.05, 3.63) is 35.5 Å². The number of carbonyl (C=O) groups excluding carboxylic acids is 1. The molecule has 158 valence electrons. The van der Waals surface area contributed by atoms with Gasteiger partial charge in [0.05, 0.1) is 11.2 Å². The first-order chi connectivity index (χ1) is 14.5. The normalized spacial score (nSPS) is 19.0. The average Bonchev–Trinajstić information content (AvgIpc) is 3.17. The molecule has 1 aliphatic carbocycles. The summed E-state index contributed by atoms with van der Waals surface area (Å²) in [5, 5.41) is 7.51. The van der Waals surface area contributed by atoms with Gasteiger partial charge in [-0.2, -0.15) is 0 Å². The van der Waals surface area contributed by atoms with Crippen LogP contribution in [0, 0.1) is 11.7 Å². The van der Waals surface area contributed by atoms with Gasteiger partial charge in [0.2, 0.25) is 5.91 Å². The summed E-state index contributed by atoms with van der Waals surface area (Å²) >= 11 is 6.08. The quantitative estimate of drug-likeness (QED) is 0.541. The maximum atomic E-state index is 14.5. The maximum absolute atomic E-state index is 14.5. The Kier molecular flexibility index (Phi) is 6.13. The summed E-state index contributed by atoms with van der Waals surface area (Å²) in [4.78, 5) is 27.6. The van der Waals surface area contributed by atoms with Gasteiger partial charge in [0, 0.05) is 42.4 Å². The van der Waals surface area contributed by atoms with E-state index in [1.807, 2.05) is 6.92 Å². The highest BCUT2D eigenvalue weighted by Gasteiger charge is 2.27. The average molecular weight is 431 g/mol. The van der Waals surface area contributed by atoms with Crippen molar-refractivity contribution >= 4 is 34.4 Å². The summed E-state index contributed by atoms with van der Waals surface area (Å²) in [5.74, 6) is 0.310. The summed E-state index contributed by atoms with van der Waals surface area (Å²) in [6.45, 7) is 2.41. The van der Waals surface area contributed by atoms with Gasteiger partial charge in [-0.1, -0.05) is 31.4 Å². The molecule has 1 saturated carbocycles. The van der Waals surface area contributed by atoms with Crippen LogP contribution in [0.4, 0.5) is 10.2 Å². The molecule has 3 aromatic rings. The van der Waals surface area contributed by atoms with Gasteiger partial charge in [0.15, 0.2) is 17.5 Å². The molecule has 0 saturated heterocycles. The highest BCUT2D eigenvalue weighted by molar-refractivity contribution is 6.31. The van der Waals surface area contributed by atoms with Gasteiger partial charge in [0.25, 0.3) is 0 Å². The molecule has 0 aromatic carbocycles. The molecule has 0 aliphatic heterocycles. The standard InChI is InChI=1S/C21H24ClFN6O/c1-2-18(30)24-8-12-5-3-4-6-17(12)28-21-16(23)11-27-20(29-21)15-10-26-19-14(15)7-13(22)9-25-19/h7,9-12,17H,2-6,8H2,1H3,(H,24,30)(H,25,26)(H,27,28,29)/t12?,17-/m1/s1. The van der Waals surface area contributed by atoms with Crippen molar-refractivity contribution in [1.82, 2.24) is 25.3 Å². The molecule has 1 amide bonds. The summed E-state index contributed by atoms with van der Waals surface area (Å²) in [5.41, 5.74) is 1.37. The molecule has 3 aromatic heterocycles. The predicted molar refractivity (Wildman–Crippen MR) is 115 cm³/mol. The number of nitrogens with zero attached hydrogens (tertiary/aromatic N) is 3. The molecule has 0 radical (unpaired) electrons. The Morgan fingerprint density at radius 2 is 2.13 bits per heavy atom. The fourth-order valence-electron chi connectivity index (χ4n) is 3.95. The second-order valence-electron chi connectivity index (χ2n) is 7.60. The van der Waals surface area contributed by atoms with E-state index in [4.69, 9.17) is 11.6 Å². The summed E-state index contributed by atoms with van der Waals surface area (Å²) in [7, 11) is 0. The molecule has 9 heteroatoms. The van der Waals surface area contributed by atoms with Crippen LogP contribution in [0.5, 0.6) is 0 Å². The van der Waals surface area contributed by atoms with Crippen molar-refractivity contribution in [2.24, 2.45) is 5.92 Å². The Balaban J connectivity index is 1.58. The molecule has 3 N–H and O–H groups in total. The van der Waals surface area contributed by atoms with E-state index in [0.29, 0.717) is 35.0 Å². The Morgan fingerprint density at radius 1 is 1.30 bits per heavy atom. The van der Waals surface area contributed by atoms with Gasteiger partial charge in [-0.05, 0) is 24.8 Å². The van der Waals surface area contributed by atoms with Crippen LogP contribution in [0.2, 0.25) is 5.02 Å². The van der Waals surface area contributed by atoms with Crippen LogP contribution in [0.25, 0.3) is 22.4 Å². The molecule has 7 nitrogen and oxygen atoms in total.